The van der Waals surface area contributed by atoms with Gasteiger partial charge in [-0.2, -0.15) is 0 Å². The third-order valence-corrected chi connectivity index (χ3v) is 6.32. The molecule has 0 saturated carbocycles. The molecule has 1 unspecified atom stereocenters. The van der Waals surface area contributed by atoms with Crippen LogP contribution in [0.25, 0.3) is 10.8 Å². The van der Waals surface area contributed by atoms with Crippen molar-refractivity contribution in [2.24, 2.45) is 5.92 Å². The molecule has 1 amide bonds. The van der Waals surface area contributed by atoms with Crippen molar-refractivity contribution in [3.63, 3.8) is 0 Å². The largest absolute Gasteiger partial charge is 0.351 e. The van der Waals surface area contributed by atoms with E-state index in [1.165, 1.54) is 23.3 Å². The number of aryl methyl sites for hydroxylation is 1. The van der Waals surface area contributed by atoms with Crippen molar-refractivity contribution in [3.8, 4) is 10.8 Å². The first-order chi connectivity index (χ1) is 14.2. The summed E-state index contributed by atoms with van der Waals surface area (Å²) >= 11 is 1.35. The summed E-state index contributed by atoms with van der Waals surface area (Å²) in [5, 5.41) is 3.80. The Balaban J connectivity index is 1.33. The summed E-state index contributed by atoms with van der Waals surface area (Å²) in [5.74, 6) is 0.979. The van der Waals surface area contributed by atoms with Crippen LogP contribution in [0.1, 0.15) is 33.8 Å². The number of amides is 1. The summed E-state index contributed by atoms with van der Waals surface area (Å²) in [6, 6.07) is 12.3. The number of nitrogens with one attached hydrogen (secondary N) is 1. The van der Waals surface area contributed by atoms with Crippen LogP contribution in [0.15, 0.2) is 48.8 Å². The molecule has 4 rings (SSSR count). The molecule has 1 saturated heterocycles. The van der Waals surface area contributed by atoms with E-state index in [2.05, 4.69) is 55.5 Å². The maximum Gasteiger partial charge on any atom is 0.263 e. The molecule has 1 N–H and O–H groups in total. The third-order valence-electron chi connectivity index (χ3n) is 5.16. The van der Waals surface area contributed by atoms with Crippen LogP contribution in [0.5, 0.6) is 0 Å². The van der Waals surface area contributed by atoms with Crippen LogP contribution in [0.2, 0.25) is 0 Å². The minimum Gasteiger partial charge on any atom is -0.351 e. The molecule has 1 atom stereocenters. The first kappa shape index (κ1) is 19.7. The van der Waals surface area contributed by atoms with Crippen LogP contribution in [0, 0.1) is 12.8 Å². The van der Waals surface area contributed by atoms with E-state index in [1.807, 2.05) is 6.92 Å². The Bertz CT molecular complexity index is 944. The maximum atomic E-state index is 12.7. The van der Waals surface area contributed by atoms with E-state index >= 15 is 0 Å². The average Bonchev–Trinajstić information content (AvgIpc) is 3.15. The van der Waals surface area contributed by atoms with E-state index in [-0.39, 0.29) is 5.91 Å². The van der Waals surface area contributed by atoms with Crippen molar-refractivity contribution < 1.29 is 4.79 Å². The lowest BCUT2D eigenvalue weighted by Gasteiger charge is -2.32. The van der Waals surface area contributed by atoms with Gasteiger partial charge in [-0.3, -0.25) is 9.69 Å². The highest BCUT2D eigenvalue weighted by atomic mass is 32.1. The van der Waals surface area contributed by atoms with Gasteiger partial charge in [0.1, 0.15) is 4.88 Å². The molecule has 2 aromatic heterocycles. The van der Waals surface area contributed by atoms with E-state index in [1.54, 1.807) is 18.5 Å². The molecular formula is C22H25N5OS. The lowest BCUT2D eigenvalue weighted by atomic mass is 9.97. The van der Waals surface area contributed by atoms with Crippen molar-refractivity contribution >= 4 is 17.2 Å². The number of hydrogen-bond donors (Lipinski definition) is 1. The Hall–Kier alpha value is -2.64. The number of nitrogens with zero attached hydrogens (tertiary/aromatic N) is 4. The Morgan fingerprint density at radius 1 is 1.21 bits per heavy atom. The molecule has 0 radical (unpaired) electrons. The van der Waals surface area contributed by atoms with Crippen LogP contribution in [-0.4, -0.2) is 45.4 Å². The van der Waals surface area contributed by atoms with Crippen molar-refractivity contribution in [3.05, 3.63) is 64.9 Å². The molecule has 0 bridgehead atoms. The number of aromatic nitrogens is 3. The number of thiazole rings is 1. The quantitative estimate of drug-likeness (QED) is 0.677. The van der Waals surface area contributed by atoms with Crippen LogP contribution in [-0.2, 0) is 6.54 Å². The fourth-order valence-electron chi connectivity index (χ4n) is 3.73. The molecule has 0 aliphatic carbocycles. The Morgan fingerprint density at radius 2 is 2.00 bits per heavy atom. The maximum absolute atomic E-state index is 12.7. The highest BCUT2D eigenvalue weighted by molar-refractivity contribution is 7.17. The minimum absolute atomic E-state index is 0.0534. The van der Waals surface area contributed by atoms with Gasteiger partial charge >= 0.3 is 0 Å². The minimum atomic E-state index is -0.0534. The molecule has 1 aliphatic heterocycles. The second-order valence-corrected chi connectivity index (χ2v) is 8.44. The first-order valence-corrected chi connectivity index (χ1v) is 10.8. The number of carbonyl (C=O) groups is 1. The van der Waals surface area contributed by atoms with Crippen molar-refractivity contribution in [1.29, 1.82) is 0 Å². The average molecular weight is 408 g/mol. The smallest absolute Gasteiger partial charge is 0.263 e. The van der Waals surface area contributed by atoms with Gasteiger partial charge in [0.05, 0.1) is 5.69 Å². The fraction of sp³-hybridized carbons (Fsp3) is 0.364. The van der Waals surface area contributed by atoms with Gasteiger partial charge in [0.25, 0.3) is 5.91 Å². The van der Waals surface area contributed by atoms with E-state index in [0.29, 0.717) is 28.2 Å². The van der Waals surface area contributed by atoms with Crippen LogP contribution in [0.4, 0.5) is 0 Å². The lowest BCUT2D eigenvalue weighted by molar-refractivity contribution is 0.0934. The highest BCUT2D eigenvalue weighted by Gasteiger charge is 2.22. The van der Waals surface area contributed by atoms with E-state index in [0.717, 1.165) is 31.7 Å². The van der Waals surface area contributed by atoms with E-state index in [4.69, 9.17) is 0 Å². The van der Waals surface area contributed by atoms with Crippen LogP contribution >= 0.6 is 11.3 Å². The highest BCUT2D eigenvalue weighted by Crippen LogP contribution is 2.25. The van der Waals surface area contributed by atoms with Crippen molar-refractivity contribution in [2.75, 3.05) is 19.6 Å². The normalized spacial score (nSPS) is 17.2. The van der Waals surface area contributed by atoms with Gasteiger partial charge in [-0.1, -0.05) is 30.3 Å². The number of benzene rings is 1. The van der Waals surface area contributed by atoms with Gasteiger partial charge in [-0.05, 0) is 43.9 Å². The molecule has 29 heavy (non-hydrogen) atoms. The molecule has 3 aromatic rings. The molecule has 7 heteroatoms. The molecule has 6 nitrogen and oxygen atoms in total. The molecule has 1 aromatic carbocycles. The van der Waals surface area contributed by atoms with Gasteiger partial charge in [-0.15, -0.1) is 11.3 Å². The zero-order valence-corrected chi connectivity index (χ0v) is 17.4. The summed E-state index contributed by atoms with van der Waals surface area (Å²) in [6.45, 7) is 5.66. The zero-order valence-electron chi connectivity index (χ0n) is 16.5. The summed E-state index contributed by atoms with van der Waals surface area (Å²) < 4.78 is 0. The predicted molar refractivity (Wildman–Crippen MR) is 115 cm³/mol. The summed E-state index contributed by atoms with van der Waals surface area (Å²) in [4.78, 5) is 28.8. The second kappa shape index (κ2) is 9.24. The first-order valence-electron chi connectivity index (χ1n) is 9.98. The topological polar surface area (TPSA) is 71.0 Å². The van der Waals surface area contributed by atoms with E-state index in [9.17, 15) is 4.79 Å². The second-order valence-electron chi connectivity index (χ2n) is 7.44. The Morgan fingerprint density at radius 3 is 2.79 bits per heavy atom. The molecule has 1 aliphatic rings. The molecular weight excluding hydrogens is 382 g/mol. The molecule has 1 fully saturated rings. The molecule has 0 spiro atoms. The zero-order chi connectivity index (χ0) is 20.1. The number of piperidine rings is 1. The molecule has 150 valence electrons. The van der Waals surface area contributed by atoms with Crippen molar-refractivity contribution in [1.82, 2.24) is 25.2 Å². The lowest BCUT2D eigenvalue weighted by Crippen LogP contribution is -2.40. The number of hydrogen-bond acceptors (Lipinski definition) is 6. The van der Waals surface area contributed by atoms with Gasteiger partial charge in [0.2, 0.25) is 0 Å². The Kier molecular flexibility index (Phi) is 6.27. The monoisotopic (exact) mass is 407 g/mol. The van der Waals surface area contributed by atoms with Gasteiger partial charge in [0, 0.05) is 32.0 Å². The summed E-state index contributed by atoms with van der Waals surface area (Å²) in [6.07, 6.45) is 5.69. The standard InChI is InChI=1S/C22H25N5OS/c1-16-19(29-22(26-16)20-23-10-6-11-24-20)21(28)25-13-18-9-5-12-27(15-18)14-17-7-3-2-4-8-17/h2-4,6-8,10-11,18H,5,9,12-15H2,1H3,(H,25,28). The molecule has 3 heterocycles. The third kappa shape index (κ3) is 5.05. The summed E-state index contributed by atoms with van der Waals surface area (Å²) in [5.41, 5.74) is 2.07. The van der Waals surface area contributed by atoms with Gasteiger partial charge in [-0.25, -0.2) is 15.0 Å². The number of carbonyl (C=O) groups excluding carboxylic acids is 1. The van der Waals surface area contributed by atoms with E-state index < -0.39 is 0 Å². The SMILES string of the molecule is Cc1nc(-c2ncccn2)sc1C(=O)NCC1CCCN(Cc2ccccc2)C1. The predicted octanol–water partition coefficient (Wildman–Crippen LogP) is 3.55. The van der Waals surface area contributed by atoms with Crippen molar-refractivity contribution in [2.45, 2.75) is 26.3 Å². The fourth-order valence-corrected chi connectivity index (χ4v) is 4.66. The Labute approximate surface area is 175 Å². The van der Waals surface area contributed by atoms with Crippen LogP contribution in [0.3, 0.4) is 0 Å². The van der Waals surface area contributed by atoms with Gasteiger partial charge < -0.3 is 5.32 Å². The summed E-state index contributed by atoms with van der Waals surface area (Å²) in [7, 11) is 0. The number of rotatable bonds is 6. The van der Waals surface area contributed by atoms with Gasteiger partial charge in [0.15, 0.2) is 10.8 Å². The number of likely N-dealkylation sites (tertiary alicyclic amines) is 1. The van der Waals surface area contributed by atoms with Crippen LogP contribution < -0.4 is 5.32 Å².